The van der Waals surface area contributed by atoms with Crippen LogP contribution in [0.4, 0.5) is 4.79 Å². The number of urea groups is 1. The minimum Gasteiger partial charge on any atom is -0.748 e. The number of aromatic nitrogens is 3. The van der Waals surface area contributed by atoms with E-state index < -0.39 is 29.3 Å². The highest BCUT2D eigenvalue weighted by Gasteiger charge is 2.48. The molecule has 13 nitrogen and oxygen atoms in total. The van der Waals surface area contributed by atoms with Gasteiger partial charge in [0.2, 0.25) is 0 Å². The van der Waals surface area contributed by atoms with Gasteiger partial charge in [-0.1, -0.05) is 5.21 Å². The van der Waals surface area contributed by atoms with Crippen molar-refractivity contribution >= 4 is 23.3 Å². The molecule has 0 spiro atoms. The van der Waals surface area contributed by atoms with Crippen LogP contribution in [0, 0.1) is 5.92 Å². The summed E-state index contributed by atoms with van der Waals surface area (Å²) in [6, 6.07) is -1.63. The second-order valence-corrected chi connectivity index (χ2v) is 7.95. The van der Waals surface area contributed by atoms with E-state index in [0.717, 1.165) is 24.6 Å². The number of carbonyl (C=O) groups excluding carboxylic acids is 2. The third-order valence-corrected chi connectivity index (χ3v) is 5.74. The highest BCUT2D eigenvalue weighted by atomic mass is 32.2. The molecule has 3 aliphatic rings. The Labute approximate surface area is 169 Å². The lowest BCUT2D eigenvalue weighted by molar-refractivity contribution is -0.139. The fourth-order valence-corrected chi connectivity index (χ4v) is 4.43. The zero-order valence-electron chi connectivity index (χ0n) is 15.5. The van der Waals surface area contributed by atoms with Crippen molar-refractivity contribution in [2.75, 3.05) is 19.7 Å². The molecule has 0 aliphatic carbocycles. The minimum atomic E-state index is -2.84. The van der Waals surface area contributed by atoms with Gasteiger partial charge in [0.05, 0.1) is 18.8 Å². The highest BCUT2D eigenvalue weighted by molar-refractivity contribution is 7.74. The van der Waals surface area contributed by atoms with E-state index >= 15 is 0 Å². The molecule has 3 aliphatic heterocycles. The van der Waals surface area contributed by atoms with E-state index in [9.17, 15) is 18.4 Å². The minimum absolute atomic E-state index is 0.101. The molecule has 5 atom stereocenters. The average Bonchev–Trinajstić information content (AvgIpc) is 3.41. The van der Waals surface area contributed by atoms with Crippen LogP contribution in [0.1, 0.15) is 19.3 Å². The van der Waals surface area contributed by atoms with E-state index in [1.54, 1.807) is 10.9 Å². The lowest BCUT2D eigenvalue weighted by atomic mass is 10.0. The molecule has 1 aromatic heterocycles. The van der Waals surface area contributed by atoms with Crippen molar-refractivity contribution in [2.24, 2.45) is 5.92 Å². The zero-order chi connectivity index (χ0) is 20.4. The first-order chi connectivity index (χ1) is 14.0. The van der Waals surface area contributed by atoms with Gasteiger partial charge < -0.3 is 14.8 Å². The van der Waals surface area contributed by atoms with Crippen LogP contribution in [-0.4, -0.2) is 83.5 Å². The van der Waals surface area contributed by atoms with Crippen molar-refractivity contribution in [3.05, 3.63) is 12.4 Å². The molecule has 2 bridgehead atoms. The van der Waals surface area contributed by atoms with Crippen LogP contribution in [0.2, 0.25) is 0 Å². The number of carbonyl (C=O) groups is 2. The highest BCUT2D eigenvalue weighted by Crippen LogP contribution is 2.30. The Hall–Kier alpha value is -2.13. The summed E-state index contributed by atoms with van der Waals surface area (Å²) >= 11 is -2.84. The van der Waals surface area contributed by atoms with Gasteiger partial charge in [0, 0.05) is 31.9 Å². The molecule has 1 aromatic rings. The largest absolute Gasteiger partial charge is 0.748 e. The Balaban J connectivity index is 1.20. The quantitative estimate of drug-likeness (QED) is 0.364. The number of fused-ring (bicyclic) bond motifs is 2. The Morgan fingerprint density at radius 1 is 1.45 bits per heavy atom. The van der Waals surface area contributed by atoms with Gasteiger partial charge >= 0.3 is 6.03 Å². The lowest BCUT2D eigenvalue weighted by Gasteiger charge is -2.29. The van der Waals surface area contributed by atoms with Crippen molar-refractivity contribution in [3.63, 3.8) is 0 Å². The summed E-state index contributed by atoms with van der Waals surface area (Å²) < 4.78 is 27.8. The van der Waals surface area contributed by atoms with Crippen molar-refractivity contribution in [2.45, 2.75) is 43.9 Å². The maximum Gasteiger partial charge on any atom is 0.346 e. The molecular formula is C15H22N7O6S-. The number of hydrogen-bond acceptors (Lipinski definition) is 9. The maximum absolute atomic E-state index is 12.5. The van der Waals surface area contributed by atoms with Crippen LogP contribution in [0.15, 0.2) is 12.4 Å². The molecule has 3 amide bonds. The smallest absolute Gasteiger partial charge is 0.346 e. The zero-order valence-corrected chi connectivity index (χ0v) is 16.3. The monoisotopic (exact) mass is 428 g/mol. The molecule has 3 unspecified atom stereocenters. The topological polar surface area (TPSA) is 154 Å². The van der Waals surface area contributed by atoms with Gasteiger partial charge in [-0.2, -0.15) is 9.35 Å². The van der Waals surface area contributed by atoms with E-state index in [0.29, 0.717) is 25.4 Å². The van der Waals surface area contributed by atoms with Crippen LogP contribution in [0.5, 0.6) is 0 Å². The first-order valence-corrected chi connectivity index (χ1v) is 10.4. The van der Waals surface area contributed by atoms with Gasteiger partial charge in [-0.15, -0.1) is 5.10 Å². The fourth-order valence-electron chi connectivity index (χ4n) is 4.11. The first-order valence-electron chi connectivity index (χ1n) is 9.38. The molecule has 14 heteroatoms. The molecule has 0 radical (unpaired) electrons. The van der Waals surface area contributed by atoms with E-state index in [1.165, 1.54) is 4.90 Å². The van der Waals surface area contributed by atoms with Crippen LogP contribution in [-0.2, 0) is 31.8 Å². The summed E-state index contributed by atoms with van der Waals surface area (Å²) in [5, 5.41) is 11.9. The Kier molecular flexibility index (Phi) is 6.05. The van der Waals surface area contributed by atoms with E-state index in [1.807, 2.05) is 6.20 Å². The van der Waals surface area contributed by atoms with E-state index in [-0.39, 0.29) is 18.6 Å². The molecule has 3 saturated heterocycles. The number of amides is 3. The van der Waals surface area contributed by atoms with E-state index in [4.69, 9.17) is 4.84 Å². The molecule has 2 N–H and O–H groups in total. The number of nitrogens with zero attached hydrogens (tertiary/aromatic N) is 5. The van der Waals surface area contributed by atoms with Gasteiger partial charge in [-0.25, -0.2) is 14.5 Å². The van der Waals surface area contributed by atoms with Crippen LogP contribution in [0.25, 0.3) is 0 Å². The number of hydrogen-bond donors (Lipinski definition) is 2. The molecule has 4 rings (SSSR count). The summed E-state index contributed by atoms with van der Waals surface area (Å²) in [5.41, 5.74) is 2.42. The Morgan fingerprint density at radius 3 is 3.07 bits per heavy atom. The standard InChI is InChI=1S/C15H23N7O6S/c23-14(13-2-1-12-8-21(13)15(24)22(12)28-29(25)26)18-27-9-11-5-10(6-16-11)7-20-4-3-17-19-20/h3-4,10-13,16H,1-2,5-9H2,(H,18,23)(H,25,26)/p-1/t10-,11+,12?,13?/m1/s1. The van der Waals surface area contributed by atoms with Crippen molar-refractivity contribution in [1.82, 2.24) is 35.8 Å². The summed E-state index contributed by atoms with van der Waals surface area (Å²) in [6.07, 6.45) is 5.20. The van der Waals surface area contributed by atoms with Crippen LogP contribution in [0.3, 0.4) is 0 Å². The maximum atomic E-state index is 12.5. The van der Waals surface area contributed by atoms with Gasteiger partial charge in [-0.3, -0.25) is 14.3 Å². The number of piperidine rings is 1. The normalized spacial score (nSPS) is 30.0. The molecule has 3 fully saturated rings. The number of nitrogens with one attached hydrogen (secondary N) is 2. The second kappa shape index (κ2) is 8.71. The summed E-state index contributed by atoms with van der Waals surface area (Å²) in [5.74, 6) is -0.0323. The predicted octanol–water partition coefficient (Wildman–Crippen LogP) is -1.70. The summed E-state index contributed by atoms with van der Waals surface area (Å²) in [6.45, 7) is 2.13. The van der Waals surface area contributed by atoms with Gasteiger partial charge in [0.15, 0.2) is 0 Å². The Morgan fingerprint density at radius 2 is 2.31 bits per heavy atom. The van der Waals surface area contributed by atoms with Crippen molar-refractivity contribution in [1.29, 1.82) is 0 Å². The van der Waals surface area contributed by atoms with Gasteiger partial charge in [0.1, 0.15) is 17.4 Å². The van der Waals surface area contributed by atoms with Crippen LogP contribution < -0.4 is 10.8 Å². The third-order valence-electron chi connectivity index (χ3n) is 5.45. The van der Waals surface area contributed by atoms with E-state index in [2.05, 4.69) is 25.4 Å². The van der Waals surface area contributed by atoms with Gasteiger partial charge in [0.25, 0.3) is 5.91 Å². The second-order valence-electron chi connectivity index (χ2n) is 7.40. The molecule has 0 saturated carbocycles. The SMILES string of the molecule is O=C(NOC[C@@H]1C[C@@H](Cn2ccnn2)CN1)C1CCC2CN1C(=O)N2OS(=O)[O-]. The number of rotatable bonds is 8. The van der Waals surface area contributed by atoms with Crippen molar-refractivity contribution < 1.29 is 27.5 Å². The molecule has 160 valence electrons. The molecule has 29 heavy (non-hydrogen) atoms. The van der Waals surface area contributed by atoms with Crippen molar-refractivity contribution in [3.8, 4) is 0 Å². The summed E-state index contributed by atoms with van der Waals surface area (Å²) in [4.78, 5) is 31.4. The molecule has 0 aromatic carbocycles. The average molecular weight is 428 g/mol. The van der Waals surface area contributed by atoms with Gasteiger partial charge in [-0.05, 0) is 25.2 Å². The molecular weight excluding hydrogens is 406 g/mol. The Bertz CT molecular complexity index is 764. The number of hydroxylamine groups is 3. The summed E-state index contributed by atoms with van der Waals surface area (Å²) in [7, 11) is 0. The molecule has 4 heterocycles. The first kappa shape index (κ1) is 20.2. The fraction of sp³-hybridized carbons (Fsp3) is 0.733. The lowest BCUT2D eigenvalue weighted by Crippen LogP contribution is -2.50. The third kappa shape index (κ3) is 4.56. The predicted molar refractivity (Wildman–Crippen MR) is 94.8 cm³/mol. The van der Waals surface area contributed by atoms with Crippen LogP contribution >= 0.6 is 0 Å².